The lowest BCUT2D eigenvalue weighted by atomic mass is 10.0. The highest BCUT2D eigenvalue weighted by Crippen LogP contribution is 2.25. The molecule has 0 saturated carbocycles. The van der Waals surface area contributed by atoms with Crippen LogP contribution < -0.4 is 11.1 Å². The van der Waals surface area contributed by atoms with E-state index in [4.69, 9.17) is 5.73 Å². The molecule has 0 aliphatic heterocycles. The first kappa shape index (κ1) is 25.4. The molecule has 0 atom stereocenters. The van der Waals surface area contributed by atoms with Gasteiger partial charge in [0.2, 0.25) is 0 Å². The van der Waals surface area contributed by atoms with Gasteiger partial charge in [0.15, 0.2) is 0 Å². The van der Waals surface area contributed by atoms with Crippen molar-refractivity contribution in [3.05, 3.63) is 65.3 Å². The number of hydrogen-bond donors (Lipinski definition) is 2. The van der Waals surface area contributed by atoms with E-state index in [0.717, 1.165) is 35.5 Å². The molecule has 0 aromatic carbocycles. The van der Waals surface area contributed by atoms with Gasteiger partial charge in [-0.3, -0.25) is 4.98 Å². The molecule has 0 aliphatic carbocycles. The average molecular weight is 409 g/mol. The topological polar surface area (TPSA) is 63.8 Å². The minimum Gasteiger partial charge on any atom is -0.389 e. The number of allylic oxidation sites excluding steroid dienone is 4. The number of aryl methyl sites for hydroxylation is 1. The third-order valence-corrected chi connectivity index (χ3v) is 4.99. The van der Waals surface area contributed by atoms with Crippen LogP contribution in [0.15, 0.2) is 48.3 Å². The number of nitrogens with zero attached hydrogens (tertiary/aromatic N) is 2. The van der Waals surface area contributed by atoms with E-state index in [-0.39, 0.29) is 0 Å². The zero-order valence-electron chi connectivity index (χ0n) is 19.8. The van der Waals surface area contributed by atoms with E-state index < -0.39 is 0 Å². The van der Waals surface area contributed by atoms with Crippen LogP contribution in [0, 0.1) is 6.92 Å². The average Bonchev–Trinajstić information content (AvgIpc) is 2.73. The van der Waals surface area contributed by atoms with E-state index in [9.17, 15) is 0 Å². The Kier molecular flexibility index (Phi) is 12.2. The number of nitrogens with two attached hydrogens (primary N) is 1. The van der Waals surface area contributed by atoms with Crippen molar-refractivity contribution < 1.29 is 0 Å². The summed E-state index contributed by atoms with van der Waals surface area (Å²) >= 11 is 0. The molecule has 3 N–H and O–H groups in total. The highest BCUT2D eigenvalue weighted by atomic mass is 14.9. The van der Waals surface area contributed by atoms with Crippen LogP contribution in [0.4, 0.5) is 5.82 Å². The van der Waals surface area contributed by atoms with Gasteiger partial charge in [-0.15, -0.1) is 0 Å². The second-order valence-electron chi connectivity index (χ2n) is 7.67. The maximum absolute atomic E-state index is 5.71. The quantitative estimate of drug-likeness (QED) is 0.448. The first-order chi connectivity index (χ1) is 14.4. The summed E-state index contributed by atoms with van der Waals surface area (Å²) in [5, 5.41) is 3.40. The minimum atomic E-state index is 0.539. The van der Waals surface area contributed by atoms with Gasteiger partial charge in [0.05, 0.1) is 5.69 Å². The Morgan fingerprint density at radius 3 is 2.43 bits per heavy atom. The van der Waals surface area contributed by atoms with Gasteiger partial charge >= 0.3 is 0 Å². The first-order valence-corrected chi connectivity index (χ1v) is 11.1. The lowest BCUT2D eigenvalue weighted by molar-refractivity contribution is 0.634. The Morgan fingerprint density at radius 2 is 1.80 bits per heavy atom. The molecule has 0 amide bonds. The summed E-state index contributed by atoms with van der Waals surface area (Å²) in [6.07, 6.45) is 10.5. The molecule has 2 aromatic heterocycles. The lowest BCUT2D eigenvalue weighted by Crippen LogP contribution is -2.12. The van der Waals surface area contributed by atoms with Gasteiger partial charge < -0.3 is 11.1 Å². The third-order valence-electron chi connectivity index (χ3n) is 4.99. The van der Waals surface area contributed by atoms with Gasteiger partial charge in [0.25, 0.3) is 0 Å². The number of rotatable bonds is 9. The minimum absolute atomic E-state index is 0.539. The maximum atomic E-state index is 5.71. The fourth-order valence-corrected chi connectivity index (χ4v) is 3.06. The fourth-order valence-electron chi connectivity index (χ4n) is 3.06. The lowest BCUT2D eigenvalue weighted by Gasteiger charge is -2.09. The van der Waals surface area contributed by atoms with E-state index in [0.29, 0.717) is 5.82 Å². The van der Waals surface area contributed by atoms with Crippen molar-refractivity contribution >= 4 is 17.0 Å². The number of hydrogen-bond acceptors (Lipinski definition) is 4. The van der Waals surface area contributed by atoms with Crippen LogP contribution in [0.25, 0.3) is 11.1 Å². The molecular weight excluding hydrogens is 368 g/mol. The van der Waals surface area contributed by atoms with E-state index in [1.165, 1.54) is 37.0 Å². The SMILES string of the molecule is C/C(=C(\C)c1cccc(C)n1)c1ccnc(N)c1.CC/C=C(\C)NCCCCCC. The molecule has 0 unspecified atom stereocenters. The van der Waals surface area contributed by atoms with Crippen molar-refractivity contribution in [3.63, 3.8) is 0 Å². The van der Waals surface area contributed by atoms with Crippen molar-refractivity contribution in [2.75, 3.05) is 12.3 Å². The molecule has 0 bridgehead atoms. The molecule has 164 valence electrons. The predicted octanol–water partition coefficient (Wildman–Crippen LogP) is 6.79. The zero-order valence-corrected chi connectivity index (χ0v) is 19.8. The van der Waals surface area contributed by atoms with Crippen molar-refractivity contribution in [2.45, 2.75) is 73.6 Å². The summed E-state index contributed by atoms with van der Waals surface area (Å²) in [4.78, 5) is 8.55. The molecule has 2 heterocycles. The fraction of sp³-hybridized carbons (Fsp3) is 0.462. The first-order valence-electron chi connectivity index (χ1n) is 11.1. The number of anilines is 1. The van der Waals surface area contributed by atoms with Crippen LogP contribution in [0.1, 0.15) is 83.7 Å². The Labute approximate surface area is 183 Å². The van der Waals surface area contributed by atoms with E-state index >= 15 is 0 Å². The molecule has 0 spiro atoms. The summed E-state index contributed by atoms with van der Waals surface area (Å²) in [6, 6.07) is 9.89. The van der Waals surface area contributed by atoms with Gasteiger partial charge in [-0.1, -0.05) is 45.3 Å². The number of aromatic nitrogens is 2. The highest BCUT2D eigenvalue weighted by molar-refractivity contribution is 5.88. The Hall–Kier alpha value is -2.62. The maximum Gasteiger partial charge on any atom is 0.123 e. The normalized spacial score (nSPS) is 12.0. The molecule has 4 heteroatoms. The zero-order chi connectivity index (χ0) is 22.4. The second kappa shape index (κ2) is 14.4. The smallest absolute Gasteiger partial charge is 0.123 e. The van der Waals surface area contributed by atoms with Gasteiger partial charge in [-0.2, -0.15) is 0 Å². The highest BCUT2D eigenvalue weighted by Gasteiger charge is 2.05. The Bertz CT molecular complexity index is 768. The van der Waals surface area contributed by atoms with Crippen LogP contribution in [-0.4, -0.2) is 16.5 Å². The summed E-state index contributed by atoms with van der Waals surface area (Å²) in [7, 11) is 0. The molecular formula is C26H40N4. The van der Waals surface area contributed by atoms with E-state index in [1.807, 2.05) is 37.3 Å². The molecule has 4 nitrogen and oxygen atoms in total. The number of nitrogen functional groups attached to an aromatic ring is 1. The molecule has 0 radical (unpaired) electrons. The van der Waals surface area contributed by atoms with E-state index in [1.54, 1.807) is 6.20 Å². The number of unbranched alkanes of at least 4 members (excludes halogenated alkanes) is 3. The van der Waals surface area contributed by atoms with Crippen LogP contribution in [0.2, 0.25) is 0 Å². The second-order valence-corrected chi connectivity index (χ2v) is 7.67. The van der Waals surface area contributed by atoms with Crippen molar-refractivity contribution in [1.29, 1.82) is 0 Å². The monoisotopic (exact) mass is 408 g/mol. The molecule has 0 saturated heterocycles. The molecule has 0 aliphatic rings. The molecule has 2 aromatic rings. The molecule has 30 heavy (non-hydrogen) atoms. The number of nitrogens with one attached hydrogen (secondary N) is 1. The van der Waals surface area contributed by atoms with Crippen LogP contribution in [-0.2, 0) is 0 Å². The summed E-state index contributed by atoms with van der Waals surface area (Å²) < 4.78 is 0. The van der Waals surface area contributed by atoms with Crippen molar-refractivity contribution in [1.82, 2.24) is 15.3 Å². The van der Waals surface area contributed by atoms with Crippen LogP contribution >= 0.6 is 0 Å². The van der Waals surface area contributed by atoms with Gasteiger partial charge in [0, 0.05) is 24.1 Å². The Balaban J connectivity index is 0.000000329. The van der Waals surface area contributed by atoms with Gasteiger partial charge in [0.1, 0.15) is 5.82 Å². The standard InChI is InChI=1S/C15H17N3.C11H23N/c1-10-5-4-6-14(18-10)12(3)11(2)13-7-8-17-15(16)9-13;1-4-6-7-8-10-12-11(3)9-5-2/h4-9H,1-3H3,(H2,16,17);9,12H,4-8,10H2,1-3H3/b12-11-;11-9+. The number of pyridine rings is 2. The van der Waals surface area contributed by atoms with Gasteiger partial charge in [-0.05, 0) is 81.5 Å². The largest absolute Gasteiger partial charge is 0.389 e. The van der Waals surface area contributed by atoms with Gasteiger partial charge in [-0.25, -0.2) is 4.98 Å². The van der Waals surface area contributed by atoms with Crippen LogP contribution in [0.3, 0.4) is 0 Å². The third kappa shape index (κ3) is 9.73. The van der Waals surface area contributed by atoms with E-state index in [2.05, 4.69) is 56.0 Å². The van der Waals surface area contributed by atoms with Crippen molar-refractivity contribution in [3.8, 4) is 0 Å². The summed E-state index contributed by atoms with van der Waals surface area (Å²) in [5.74, 6) is 0.539. The predicted molar refractivity (Wildman–Crippen MR) is 132 cm³/mol. The van der Waals surface area contributed by atoms with Crippen LogP contribution in [0.5, 0.6) is 0 Å². The summed E-state index contributed by atoms with van der Waals surface area (Å²) in [5.41, 5.74) is 12.5. The molecule has 0 fully saturated rings. The van der Waals surface area contributed by atoms with Crippen molar-refractivity contribution in [2.24, 2.45) is 0 Å². The molecule has 2 rings (SSSR count). The summed E-state index contributed by atoms with van der Waals surface area (Å²) in [6.45, 7) is 13.8. The Morgan fingerprint density at radius 1 is 1.03 bits per heavy atom.